The van der Waals surface area contributed by atoms with Gasteiger partial charge in [0, 0.05) is 12.6 Å². The molecule has 2 fully saturated rings. The summed E-state index contributed by atoms with van der Waals surface area (Å²) in [5.74, 6) is 0.198. The molecule has 1 N–H and O–H groups in total. The Morgan fingerprint density at radius 2 is 2.00 bits per heavy atom. The van der Waals surface area contributed by atoms with Crippen LogP contribution >= 0.6 is 0 Å². The lowest BCUT2D eigenvalue weighted by Gasteiger charge is -2.42. The first-order chi connectivity index (χ1) is 9.70. The molecular formula is C16H22N2O2. The summed E-state index contributed by atoms with van der Waals surface area (Å²) in [5, 5.41) is 3.40. The third-order valence-corrected chi connectivity index (χ3v) is 4.33. The van der Waals surface area contributed by atoms with Gasteiger partial charge in [0.25, 0.3) is 0 Å². The van der Waals surface area contributed by atoms with Gasteiger partial charge in [-0.2, -0.15) is 0 Å². The van der Waals surface area contributed by atoms with Gasteiger partial charge >= 0.3 is 0 Å². The third-order valence-electron chi connectivity index (χ3n) is 4.33. The molecule has 1 aliphatic carbocycles. The van der Waals surface area contributed by atoms with E-state index in [-0.39, 0.29) is 18.1 Å². The molecule has 1 aliphatic heterocycles. The highest BCUT2D eigenvalue weighted by Gasteiger charge is 2.45. The van der Waals surface area contributed by atoms with Crippen LogP contribution in [0.2, 0.25) is 0 Å². The van der Waals surface area contributed by atoms with Crippen molar-refractivity contribution in [1.29, 1.82) is 0 Å². The highest BCUT2D eigenvalue weighted by molar-refractivity contribution is 5.86. The summed E-state index contributed by atoms with van der Waals surface area (Å²) >= 11 is 0. The number of hydrogen-bond acceptors (Lipinski definition) is 3. The predicted molar refractivity (Wildman–Crippen MR) is 77.1 cm³/mol. The van der Waals surface area contributed by atoms with E-state index in [1.54, 1.807) is 0 Å². The van der Waals surface area contributed by atoms with E-state index in [2.05, 4.69) is 12.2 Å². The van der Waals surface area contributed by atoms with Gasteiger partial charge in [-0.15, -0.1) is 0 Å². The SMILES string of the molecule is CCOC1CC(N2C(=O)C(c3ccccc3)NC2C)C1. The fraction of sp³-hybridized carbons (Fsp3) is 0.562. The van der Waals surface area contributed by atoms with E-state index in [9.17, 15) is 4.79 Å². The van der Waals surface area contributed by atoms with Crippen molar-refractivity contribution in [2.75, 3.05) is 6.61 Å². The lowest BCUT2D eigenvalue weighted by molar-refractivity contribution is -0.138. The average molecular weight is 274 g/mol. The maximum atomic E-state index is 12.6. The lowest BCUT2D eigenvalue weighted by atomic mass is 9.87. The Morgan fingerprint density at radius 3 is 2.65 bits per heavy atom. The molecule has 1 aromatic carbocycles. The summed E-state index contributed by atoms with van der Waals surface area (Å²) < 4.78 is 5.59. The van der Waals surface area contributed by atoms with Gasteiger partial charge in [0.1, 0.15) is 6.04 Å². The number of amides is 1. The molecule has 2 atom stereocenters. The second-order valence-corrected chi connectivity index (χ2v) is 5.63. The normalized spacial score (nSPS) is 33.3. The molecule has 1 aromatic rings. The van der Waals surface area contributed by atoms with Gasteiger partial charge in [-0.25, -0.2) is 0 Å². The van der Waals surface area contributed by atoms with Crippen LogP contribution in [0.25, 0.3) is 0 Å². The molecule has 2 unspecified atom stereocenters. The van der Waals surface area contributed by atoms with E-state index < -0.39 is 0 Å². The first-order valence-electron chi connectivity index (χ1n) is 7.45. The number of benzene rings is 1. The number of nitrogens with one attached hydrogen (secondary N) is 1. The van der Waals surface area contributed by atoms with Crippen LogP contribution in [0.15, 0.2) is 30.3 Å². The molecule has 1 amide bonds. The van der Waals surface area contributed by atoms with Gasteiger partial charge < -0.3 is 9.64 Å². The number of carbonyl (C=O) groups is 1. The van der Waals surface area contributed by atoms with E-state index in [0.29, 0.717) is 12.1 Å². The van der Waals surface area contributed by atoms with Crippen molar-refractivity contribution in [2.45, 2.75) is 51.0 Å². The summed E-state index contributed by atoms with van der Waals surface area (Å²) in [7, 11) is 0. The minimum absolute atomic E-state index is 0.0975. The number of nitrogens with zero attached hydrogens (tertiary/aromatic N) is 1. The third kappa shape index (κ3) is 2.34. The van der Waals surface area contributed by atoms with Gasteiger partial charge in [-0.1, -0.05) is 30.3 Å². The van der Waals surface area contributed by atoms with Crippen molar-refractivity contribution in [1.82, 2.24) is 10.2 Å². The topological polar surface area (TPSA) is 41.6 Å². The molecule has 0 bridgehead atoms. The molecule has 0 aromatic heterocycles. The predicted octanol–water partition coefficient (Wildman–Crippen LogP) is 2.07. The number of rotatable bonds is 4. The summed E-state index contributed by atoms with van der Waals surface area (Å²) in [6, 6.07) is 10.1. The standard InChI is InChI=1S/C16H22N2O2/c1-3-20-14-9-13(10-14)18-11(2)17-15(16(18)19)12-7-5-4-6-8-12/h4-8,11,13-15,17H,3,9-10H2,1-2H3. The van der Waals surface area contributed by atoms with Crippen LogP contribution in [0.5, 0.6) is 0 Å². The maximum absolute atomic E-state index is 12.6. The van der Waals surface area contributed by atoms with E-state index in [4.69, 9.17) is 4.74 Å². The molecule has 2 aliphatic rings. The van der Waals surface area contributed by atoms with Crippen LogP contribution in [0.1, 0.15) is 38.3 Å². The van der Waals surface area contributed by atoms with E-state index in [0.717, 1.165) is 25.0 Å². The van der Waals surface area contributed by atoms with E-state index in [1.807, 2.05) is 42.2 Å². The van der Waals surface area contributed by atoms with Crippen LogP contribution in [0.4, 0.5) is 0 Å². The van der Waals surface area contributed by atoms with Gasteiger partial charge in [0.05, 0.1) is 12.3 Å². The average Bonchev–Trinajstić information content (AvgIpc) is 2.70. The smallest absolute Gasteiger partial charge is 0.245 e. The minimum atomic E-state index is -0.197. The van der Waals surface area contributed by atoms with Crippen LogP contribution in [-0.2, 0) is 9.53 Å². The molecule has 108 valence electrons. The fourth-order valence-corrected chi connectivity index (χ4v) is 3.25. The highest BCUT2D eigenvalue weighted by atomic mass is 16.5. The first kappa shape index (κ1) is 13.6. The Balaban J connectivity index is 1.68. The van der Waals surface area contributed by atoms with Crippen LogP contribution in [-0.4, -0.2) is 35.7 Å². The van der Waals surface area contributed by atoms with Crippen molar-refractivity contribution in [3.8, 4) is 0 Å². The van der Waals surface area contributed by atoms with Crippen molar-refractivity contribution >= 4 is 5.91 Å². The van der Waals surface area contributed by atoms with Crippen molar-refractivity contribution in [2.24, 2.45) is 0 Å². The number of ether oxygens (including phenoxy) is 1. The zero-order chi connectivity index (χ0) is 14.1. The van der Waals surface area contributed by atoms with Gasteiger partial charge in [-0.05, 0) is 32.3 Å². The van der Waals surface area contributed by atoms with Crippen LogP contribution < -0.4 is 5.32 Å². The second kappa shape index (κ2) is 5.54. The fourth-order valence-electron chi connectivity index (χ4n) is 3.25. The zero-order valence-corrected chi connectivity index (χ0v) is 12.1. The summed E-state index contributed by atoms with van der Waals surface area (Å²) in [5.41, 5.74) is 1.05. The van der Waals surface area contributed by atoms with Crippen molar-refractivity contribution < 1.29 is 9.53 Å². The summed E-state index contributed by atoms with van der Waals surface area (Å²) in [6.45, 7) is 4.84. The van der Waals surface area contributed by atoms with Crippen LogP contribution in [0.3, 0.4) is 0 Å². The quantitative estimate of drug-likeness (QED) is 0.914. The van der Waals surface area contributed by atoms with Crippen LogP contribution in [0, 0.1) is 0 Å². The largest absolute Gasteiger partial charge is 0.378 e. The molecule has 1 saturated carbocycles. The molecule has 4 nitrogen and oxygen atoms in total. The van der Waals surface area contributed by atoms with Gasteiger partial charge in [0.15, 0.2) is 0 Å². The molecule has 20 heavy (non-hydrogen) atoms. The Morgan fingerprint density at radius 1 is 1.30 bits per heavy atom. The van der Waals surface area contributed by atoms with Crippen molar-refractivity contribution in [3.05, 3.63) is 35.9 Å². The number of carbonyl (C=O) groups excluding carboxylic acids is 1. The Labute approximate surface area is 120 Å². The Bertz CT molecular complexity index is 471. The lowest BCUT2D eigenvalue weighted by Crippen LogP contribution is -2.52. The Kier molecular flexibility index (Phi) is 3.76. The molecule has 0 spiro atoms. The van der Waals surface area contributed by atoms with Crippen molar-refractivity contribution in [3.63, 3.8) is 0 Å². The minimum Gasteiger partial charge on any atom is -0.378 e. The summed E-state index contributed by atoms with van der Waals surface area (Å²) in [6.07, 6.45) is 2.36. The zero-order valence-electron chi connectivity index (χ0n) is 12.1. The molecule has 0 radical (unpaired) electrons. The second-order valence-electron chi connectivity index (χ2n) is 5.63. The van der Waals surface area contributed by atoms with Gasteiger partial charge in [-0.3, -0.25) is 10.1 Å². The van der Waals surface area contributed by atoms with E-state index >= 15 is 0 Å². The van der Waals surface area contributed by atoms with Gasteiger partial charge in [0.2, 0.25) is 5.91 Å². The number of hydrogen-bond donors (Lipinski definition) is 1. The molecular weight excluding hydrogens is 252 g/mol. The first-order valence-corrected chi connectivity index (χ1v) is 7.45. The Hall–Kier alpha value is -1.39. The highest BCUT2D eigenvalue weighted by Crippen LogP contribution is 2.34. The monoisotopic (exact) mass is 274 g/mol. The molecule has 1 saturated heterocycles. The summed E-state index contributed by atoms with van der Waals surface area (Å²) in [4.78, 5) is 14.6. The maximum Gasteiger partial charge on any atom is 0.245 e. The molecule has 3 rings (SSSR count). The molecule has 1 heterocycles. The molecule has 4 heteroatoms. The van der Waals surface area contributed by atoms with E-state index in [1.165, 1.54) is 0 Å².